The number of hydrogen-bond acceptors (Lipinski definition) is 1. The van der Waals surface area contributed by atoms with Gasteiger partial charge in [0.05, 0.1) is 5.56 Å². The van der Waals surface area contributed by atoms with Crippen molar-refractivity contribution in [2.45, 2.75) is 32.1 Å². The average molecular weight is 349 g/mol. The highest BCUT2D eigenvalue weighted by atomic mass is 19.4. The van der Waals surface area contributed by atoms with E-state index >= 15 is 0 Å². The fraction of sp³-hybridized carbons (Fsp3) is 0.312. The van der Waals surface area contributed by atoms with E-state index in [4.69, 9.17) is 0 Å². The van der Waals surface area contributed by atoms with Gasteiger partial charge in [0.15, 0.2) is 0 Å². The fourth-order valence-corrected chi connectivity index (χ4v) is 2.42. The number of pyridine rings is 1. The Bertz CT molecular complexity index is 829. The number of aromatic amines is 1. The predicted octanol–water partition coefficient (Wildman–Crippen LogP) is 5.29. The average Bonchev–Trinajstić information content (AvgIpc) is 2.45. The Morgan fingerprint density at radius 3 is 2.33 bits per heavy atom. The van der Waals surface area contributed by atoms with Gasteiger partial charge in [-0.25, -0.2) is 0 Å². The fourth-order valence-electron chi connectivity index (χ4n) is 2.42. The van der Waals surface area contributed by atoms with Crippen LogP contribution < -0.4 is 5.56 Å². The van der Waals surface area contributed by atoms with Gasteiger partial charge < -0.3 is 4.98 Å². The lowest BCUT2D eigenvalue weighted by atomic mass is 9.97. The normalized spacial score (nSPS) is 13.5. The molecule has 24 heavy (non-hydrogen) atoms. The standard InChI is InChI=1S/C16H13F6NO/c1-2-9(5-6-15(17,18)19)10-3-4-13-11(7-10)12(16(20,21)22)8-14(24)23-13/h2-4,7-8H,5-6H2,1H3,(H,23,24)/b9-2+. The number of fused-ring (bicyclic) bond motifs is 1. The first-order valence-corrected chi connectivity index (χ1v) is 6.98. The van der Waals surface area contributed by atoms with E-state index in [1.807, 2.05) is 0 Å². The van der Waals surface area contributed by atoms with Crippen molar-refractivity contribution in [3.05, 3.63) is 51.8 Å². The number of hydrogen-bond donors (Lipinski definition) is 1. The van der Waals surface area contributed by atoms with E-state index in [-0.39, 0.29) is 28.5 Å². The molecule has 0 amide bonds. The van der Waals surface area contributed by atoms with Gasteiger partial charge in [-0.3, -0.25) is 4.79 Å². The Morgan fingerprint density at radius 1 is 1.12 bits per heavy atom. The second-order valence-corrected chi connectivity index (χ2v) is 5.23. The highest BCUT2D eigenvalue weighted by molar-refractivity contribution is 5.86. The molecule has 1 heterocycles. The second kappa shape index (κ2) is 6.33. The van der Waals surface area contributed by atoms with Gasteiger partial charge in [0.1, 0.15) is 0 Å². The molecule has 0 aliphatic heterocycles. The number of nitrogens with one attached hydrogen (secondary N) is 1. The topological polar surface area (TPSA) is 32.9 Å². The second-order valence-electron chi connectivity index (χ2n) is 5.23. The van der Waals surface area contributed by atoms with Crippen LogP contribution in [0.15, 0.2) is 35.1 Å². The van der Waals surface area contributed by atoms with Crippen LogP contribution in [-0.2, 0) is 6.18 Å². The highest BCUT2D eigenvalue weighted by Crippen LogP contribution is 2.35. The monoisotopic (exact) mass is 349 g/mol. The molecule has 8 heteroatoms. The molecule has 0 radical (unpaired) electrons. The van der Waals surface area contributed by atoms with E-state index in [9.17, 15) is 31.1 Å². The van der Waals surface area contributed by atoms with Crippen LogP contribution in [0.25, 0.3) is 16.5 Å². The van der Waals surface area contributed by atoms with Gasteiger partial charge in [-0.2, -0.15) is 26.3 Å². The lowest BCUT2D eigenvalue weighted by molar-refractivity contribution is -0.136. The van der Waals surface area contributed by atoms with E-state index in [2.05, 4.69) is 4.98 Å². The first-order valence-electron chi connectivity index (χ1n) is 6.98. The molecule has 0 spiro atoms. The molecule has 0 fully saturated rings. The van der Waals surface area contributed by atoms with Gasteiger partial charge in [-0.1, -0.05) is 12.1 Å². The van der Waals surface area contributed by atoms with E-state index in [0.29, 0.717) is 6.07 Å². The smallest absolute Gasteiger partial charge is 0.322 e. The molecular formula is C16H13F6NO. The lowest BCUT2D eigenvalue weighted by Crippen LogP contribution is -2.14. The number of aromatic nitrogens is 1. The maximum absolute atomic E-state index is 13.1. The van der Waals surface area contributed by atoms with Crippen molar-refractivity contribution >= 4 is 16.5 Å². The summed E-state index contributed by atoms with van der Waals surface area (Å²) < 4.78 is 76.4. The van der Waals surface area contributed by atoms with Crippen molar-refractivity contribution in [3.8, 4) is 0 Å². The highest BCUT2D eigenvalue weighted by Gasteiger charge is 2.33. The Morgan fingerprint density at radius 2 is 1.79 bits per heavy atom. The summed E-state index contributed by atoms with van der Waals surface area (Å²) >= 11 is 0. The molecule has 1 N–H and O–H groups in total. The quantitative estimate of drug-likeness (QED) is 0.750. The Hall–Kier alpha value is -2.25. The van der Waals surface area contributed by atoms with Crippen molar-refractivity contribution in [2.24, 2.45) is 0 Å². The molecule has 0 unspecified atom stereocenters. The maximum atomic E-state index is 13.1. The number of alkyl halides is 6. The minimum Gasteiger partial charge on any atom is -0.322 e. The largest absolute Gasteiger partial charge is 0.417 e. The van der Waals surface area contributed by atoms with Crippen molar-refractivity contribution in [1.82, 2.24) is 4.98 Å². The molecule has 0 bridgehead atoms. The van der Waals surface area contributed by atoms with Gasteiger partial charge in [0.25, 0.3) is 0 Å². The summed E-state index contributed by atoms with van der Waals surface area (Å²) in [6.07, 6.45) is -9.06. The van der Waals surface area contributed by atoms with E-state index < -0.39 is 29.9 Å². The van der Waals surface area contributed by atoms with Gasteiger partial charge in [0.2, 0.25) is 5.56 Å². The van der Waals surface area contributed by atoms with Crippen molar-refractivity contribution in [1.29, 1.82) is 0 Å². The summed E-state index contributed by atoms with van der Waals surface area (Å²) in [6.45, 7) is 1.52. The minimum atomic E-state index is -4.74. The van der Waals surface area contributed by atoms with Crippen LogP contribution in [0.5, 0.6) is 0 Å². The molecule has 130 valence electrons. The van der Waals surface area contributed by atoms with Gasteiger partial charge in [0, 0.05) is 23.4 Å². The third-order valence-electron chi connectivity index (χ3n) is 3.55. The Labute approximate surface area is 132 Å². The van der Waals surface area contributed by atoms with Crippen LogP contribution in [-0.4, -0.2) is 11.2 Å². The predicted molar refractivity (Wildman–Crippen MR) is 78.5 cm³/mol. The first kappa shape index (κ1) is 18.1. The molecule has 2 aromatic rings. The molecule has 0 atom stereocenters. The third kappa shape index (κ3) is 4.18. The minimum absolute atomic E-state index is 0.0233. The zero-order valence-corrected chi connectivity index (χ0v) is 12.5. The SMILES string of the molecule is C/C=C(\CCC(F)(F)F)c1ccc2[nH]c(=O)cc(C(F)(F)F)c2c1. The van der Waals surface area contributed by atoms with Crippen molar-refractivity contribution in [3.63, 3.8) is 0 Å². The zero-order chi connectivity index (χ0) is 18.1. The molecule has 2 nitrogen and oxygen atoms in total. The summed E-state index contributed by atoms with van der Waals surface area (Å²) in [5.74, 6) is 0. The Kier molecular flexibility index (Phi) is 4.77. The first-order chi connectivity index (χ1) is 11.0. The molecule has 2 rings (SSSR count). The van der Waals surface area contributed by atoms with Crippen LogP contribution in [0.2, 0.25) is 0 Å². The summed E-state index contributed by atoms with van der Waals surface area (Å²) in [7, 11) is 0. The van der Waals surface area contributed by atoms with E-state index in [0.717, 1.165) is 6.07 Å². The summed E-state index contributed by atoms with van der Waals surface area (Å²) in [5, 5.41) is -0.258. The van der Waals surface area contributed by atoms with Gasteiger partial charge in [-0.05, 0) is 36.6 Å². The van der Waals surface area contributed by atoms with Crippen molar-refractivity contribution in [2.75, 3.05) is 0 Å². The summed E-state index contributed by atoms with van der Waals surface area (Å²) in [5.41, 5.74) is -1.49. The zero-order valence-electron chi connectivity index (χ0n) is 12.5. The number of rotatable bonds is 3. The summed E-state index contributed by atoms with van der Waals surface area (Å²) in [6, 6.07) is 4.25. The third-order valence-corrected chi connectivity index (χ3v) is 3.55. The molecule has 0 aliphatic carbocycles. The Balaban J connectivity index is 2.54. The van der Waals surface area contributed by atoms with Gasteiger partial charge >= 0.3 is 12.4 Å². The number of H-pyrrole nitrogens is 1. The van der Waals surface area contributed by atoms with Crippen molar-refractivity contribution < 1.29 is 26.3 Å². The van der Waals surface area contributed by atoms with Crippen LogP contribution in [0, 0.1) is 0 Å². The number of halogens is 6. The van der Waals surface area contributed by atoms with Crippen LogP contribution in [0.1, 0.15) is 30.9 Å². The molecule has 0 saturated heterocycles. The molecule has 1 aromatic heterocycles. The molecule has 1 aromatic carbocycles. The number of allylic oxidation sites excluding steroid dienone is 2. The van der Waals surface area contributed by atoms with E-state index in [1.54, 1.807) is 0 Å². The van der Waals surface area contributed by atoms with Crippen LogP contribution in [0.3, 0.4) is 0 Å². The van der Waals surface area contributed by atoms with E-state index in [1.165, 1.54) is 25.1 Å². The van der Waals surface area contributed by atoms with Crippen LogP contribution >= 0.6 is 0 Å². The van der Waals surface area contributed by atoms with Crippen LogP contribution in [0.4, 0.5) is 26.3 Å². The molecular weight excluding hydrogens is 336 g/mol. The maximum Gasteiger partial charge on any atom is 0.417 e. The van der Waals surface area contributed by atoms with Gasteiger partial charge in [-0.15, -0.1) is 0 Å². The lowest BCUT2D eigenvalue weighted by Gasteiger charge is -2.13. The molecule has 0 saturated carbocycles. The summed E-state index contributed by atoms with van der Waals surface area (Å²) in [4.78, 5) is 13.6. The number of benzene rings is 1. The molecule has 0 aliphatic rings.